The van der Waals surface area contributed by atoms with Crippen LogP contribution in [-0.4, -0.2) is 42.5 Å². The number of carbonyl (C=O) groups excluding carboxylic acids is 2. The molecule has 0 spiro atoms. The van der Waals surface area contributed by atoms with Gasteiger partial charge in [-0.15, -0.1) is 0 Å². The van der Waals surface area contributed by atoms with Crippen LogP contribution in [0.2, 0.25) is 0 Å². The van der Waals surface area contributed by atoms with E-state index in [-0.39, 0.29) is 30.4 Å². The molecule has 1 aliphatic heterocycles. The molecule has 0 aliphatic carbocycles. The summed E-state index contributed by atoms with van der Waals surface area (Å²) in [6, 6.07) is 13.8. The zero-order valence-electron chi connectivity index (χ0n) is 18.7. The molecule has 1 heterocycles. The van der Waals surface area contributed by atoms with Crippen molar-refractivity contribution in [1.82, 2.24) is 0 Å². The Morgan fingerprint density at radius 1 is 1.19 bits per heavy atom. The van der Waals surface area contributed by atoms with E-state index in [1.54, 1.807) is 36.4 Å². The monoisotopic (exact) mass is 438 g/mol. The van der Waals surface area contributed by atoms with Gasteiger partial charge in [0.1, 0.15) is 23.2 Å². The summed E-state index contributed by atoms with van der Waals surface area (Å²) in [6.07, 6.45) is 1.68. The van der Waals surface area contributed by atoms with E-state index in [1.807, 2.05) is 37.8 Å². The lowest BCUT2D eigenvalue weighted by Gasteiger charge is -2.28. The van der Waals surface area contributed by atoms with Crippen molar-refractivity contribution in [3.63, 3.8) is 0 Å². The van der Waals surface area contributed by atoms with Crippen molar-refractivity contribution >= 4 is 29.1 Å². The fraction of sp³-hybridized carbons (Fsp3) is 0.375. The quantitative estimate of drug-likeness (QED) is 0.347. The molecule has 32 heavy (non-hydrogen) atoms. The van der Waals surface area contributed by atoms with E-state index in [0.29, 0.717) is 17.0 Å². The van der Waals surface area contributed by atoms with Gasteiger partial charge in [-0.3, -0.25) is 10.2 Å². The van der Waals surface area contributed by atoms with Crippen LogP contribution in [0.5, 0.6) is 5.75 Å². The van der Waals surface area contributed by atoms with E-state index >= 15 is 0 Å². The smallest absolute Gasteiger partial charge is 0.329 e. The van der Waals surface area contributed by atoms with E-state index in [1.165, 1.54) is 0 Å². The summed E-state index contributed by atoms with van der Waals surface area (Å²) < 4.78 is 11.1. The highest BCUT2D eigenvalue weighted by Gasteiger charge is 2.34. The van der Waals surface area contributed by atoms with E-state index in [9.17, 15) is 9.59 Å². The van der Waals surface area contributed by atoms with Gasteiger partial charge in [-0.05, 0) is 70.0 Å². The van der Waals surface area contributed by atoms with Crippen LogP contribution in [0, 0.1) is 5.41 Å². The molecule has 2 aromatic carbocycles. The van der Waals surface area contributed by atoms with Crippen LogP contribution in [0.15, 0.2) is 48.5 Å². The average molecular weight is 439 g/mol. The van der Waals surface area contributed by atoms with Crippen LogP contribution in [-0.2, 0) is 14.3 Å². The molecule has 8 nitrogen and oxygen atoms in total. The molecule has 0 aromatic heterocycles. The average Bonchev–Trinajstić information content (AvgIpc) is 3.22. The SMILES string of the molecule is CC(C)(C)OC(=O)C1CCCN1c1ccc(NC(=O)COc2cccc(C(=N)N)c2)cc1. The molecule has 2 aromatic rings. The number of nitrogens with one attached hydrogen (secondary N) is 2. The second-order valence-corrected chi connectivity index (χ2v) is 8.71. The van der Waals surface area contributed by atoms with Crippen molar-refractivity contribution in [2.24, 2.45) is 5.73 Å². The third kappa shape index (κ3) is 6.23. The Bertz CT molecular complexity index is 982. The van der Waals surface area contributed by atoms with Crippen LogP contribution in [0.4, 0.5) is 11.4 Å². The standard InChI is InChI=1S/C24H30N4O4/c1-24(2,3)32-23(30)20-8-5-13-28(20)18-11-9-17(10-12-18)27-21(29)15-31-19-7-4-6-16(14-19)22(25)26/h4,6-7,9-12,14,20H,5,8,13,15H2,1-3H3,(H3,25,26)(H,27,29). The predicted molar refractivity (Wildman–Crippen MR) is 124 cm³/mol. The van der Waals surface area contributed by atoms with E-state index in [2.05, 4.69) is 5.32 Å². The maximum absolute atomic E-state index is 12.6. The number of anilines is 2. The highest BCUT2D eigenvalue weighted by atomic mass is 16.6. The first-order valence-electron chi connectivity index (χ1n) is 10.6. The van der Waals surface area contributed by atoms with Gasteiger partial charge in [0, 0.05) is 23.5 Å². The van der Waals surface area contributed by atoms with Crippen molar-refractivity contribution < 1.29 is 19.1 Å². The molecular formula is C24H30N4O4. The lowest BCUT2D eigenvalue weighted by Crippen LogP contribution is -2.40. The van der Waals surface area contributed by atoms with Crippen LogP contribution in [0.3, 0.4) is 0 Å². The van der Waals surface area contributed by atoms with Crippen molar-refractivity contribution in [3.05, 3.63) is 54.1 Å². The topological polar surface area (TPSA) is 118 Å². The normalized spacial score (nSPS) is 15.8. The Kier molecular flexibility index (Phi) is 7.02. The molecule has 8 heteroatoms. The Morgan fingerprint density at radius 3 is 2.56 bits per heavy atom. The number of esters is 1. The minimum Gasteiger partial charge on any atom is -0.484 e. The lowest BCUT2D eigenvalue weighted by atomic mass is 10.1. The third-order valence-electron chi connectivity index (χ3n) is 4.93. The lowest BCUT2D eigenvalue weighted by molar-refractivity contribution is -0.156. The Hall–Kier alpha value is -3.55. The number of hydrogen-bond acceptors (Lipinski definition) is 6. The highest BCUT2D eigenvalue weighted by Crippen LogP contribution is 2.28. The van der Waals surface area contributed by atoms with E-state index in [4.69, 9.17) is 20.6 Å². The van der Waals surface area contributed by atoms with Crippen LogP contribution in [0.1, 0.15) is 39.2 Å². The molecular weight excluding hydrogens is 408 g/mol. The molecule has 1 atom stereocenters. The van der Waals surface area contributed by atoms with Gasteiger partial charge in [-0.1, -0.05) is 12.1 Å². The van der Waals surface area contributed by atoms with Crippen molar-refractivity contribution in [3.8, 4) is 5.75 Å². The van der Waals surface area contributed by atoms with Gasteiger partial charge in [0.05, 0.1) is 0 Å². The fourth-order valence-corrected chi connectivity index (χ4v) is 3.53. The predicted octanol–water partition coefficient (Wildman–Crippen LogP) is 3.30. The van der Waals surface area contributed by atoms with Crippen molar-refractivity contribution in [2.75, 3.05) is 23.4 Å². The fourth-order valence-electron chi connectivity index (χ4n) is 3.53. The molecule has 1 amide bonds. The summed E-state index contributed by atoms with van der Waals surface area (Å²) in [6.45, 7) is 6.21. The summed E-state index contributed by atoms with van der Waals surface area (Å²) >= 11 is 0. The summed E-state index contributed by atoms with van der Waals surface area (Å²) in [4.78, 5) is 26.8. The number of amides is 1. The second-order valence-electron chi connectivity index (χ2n) is 8.71. The van der Waals surface area contributed by atoms with Crippen LogP contribution in [0.25, 0.3) is 0 Å². The summed E-state index contributed by atoms with van der Waals surface area (Å²) in [7, 11) is 0. The first-order chi connectivity index (χ1) is 15.1. The molecule has 170 valence electrons. The minimum absolute atomic E-state index is 0.0631. The molecule has 3 rings (SSSR count). The van der Waals surface area contributed by atoms with Crippen LogP contribution >= 0.6 is 0 Å². The van der Waals surface area contributed by atoms with Gasteiger partial charge < -0.3 is 25.4 Å². The number of amidine groups is 1. The second kappa shape index (κ2) is 9.72. The summed E-state index contributed by atoms with van der Waals surface area (Å²) in [5, 5.41) is 10.3. The van der Waals surface area contributed by atoms with Gasteiger partial charge >= 0.3 is 5.97 Å². The first kappa shape index (κ1) is 23.1. The van der Waals surface area contributed by atoms with Crippen LogP contribution < -0.4 is 20.7 Å². The van der Waals surface area contributed by atoms with Gasteiger partial charge in [0.15, 0.2) is 6.61 Å². The Labute approximate surface area is 188 Å². The number of carbonyl (C=O) groups is 2. The minimum atomic E-state index is -0.519. The number of ether oxygens (including phenoxy) is 2. The molecule has 1 aliphatic rings. The van der Waals surface area contributed by atoms with Gasteiger partial charge in [0.2, 0.25) is 0 Å². The van der Waals surface area contributed by atoms with Gasteiger partial charge in [-0.2, -0.15) is 0 Å². The first-order valence-corrected chi connectivity index (χ1v) is 10.6. The number of nitrogens with zero attached hydrogens (tertiary/aromatic N) is 1. The molecule has 0 bridgehead atoms. The summed E-state index contributed by atoms with van der Waals surface area (Å²) in [5.41, 5.74) is 7.03. The Morgan fingerprint density at radius 2 is 1.91 bits per heavy atom. The summed E-state index contributed by atoms with van der Waals surface area (Å²) in [5.74, 6) is -0.116. The third-order valence-corrected chi connectivity index (χ3v) is 4.93. The van der Waals surface area contributed by atoms with Gasteiger partial charge in [-0.25, -0.2) is 4.79 Å². The van der Waals surface area contributed by atoms with Gasteiger partial charge in [0.25, 0.3) is 5.91 Å². The molecule has 4 N–H and O–H groups in total. The molecule has 1 unspecified atom stereocenters. The highest BCUT2D eigenvalue weighted by molar-refractivity contribution is 5.95. The van der Waals surface area contributed by atoms with Crippen molar-refractivity contribution in [1.29, 1.82) is 5.41 Å². The molecule has 0 saturated carbocycles. The number of nitrogens with two attached hydrogens (primary N) is 1. The van der Waals surface area contributed by atoms with Crippen molar-refractivity contribution in [2.45, 2.75) is 45.3 Å². The number of benzene rings is 2. The maximum Gasteiger partial charge on any atom is 0.329 e. The number of hydrogen-bond donors (Lipinski definition) is 3. The van der Waals surface area contributed by atoms with E-state index < -0.39 is 5.60 Å². The molecule has 1 fully saturated rings. The maximum atomic E-state index is 12.6. The zero-order valence-corrected chi connectivity index (χ0v) is 18.7. The zero-order chi connectivity index (χ0) is 23.3. The molecule has 0 radical (unpaired) electrons. The van der Waals surface area contributed by atoms with E-state index in [0.717, 1.165) is 25.1 Å². The molecule has 1 saturated heterocycles. The number of nitrogen functional groups attached to an aromatic ring is 1. The number of rotatable bonds is 7. The Balaban J connectivity index is 1.56. The largest absolute Gasteiger partial charge is 0.484 e.